The van der Waals surface area contributed by atoms with Gasteiger partial charge in [-0.1, -0.05) is 13.3 Å². The van der Waals surface area contributed by atoms with Crippen molar-refractivity contribution in [2.45, 2.75) is 43.8 Å². The molecule has 100 valence electrons. The first-order valence-electron chi connectivity index (χ1n) is 6.60. The van der Waals surface area contributed by atoms with Crippen LogP contribution in [0.4, 0.5) is 11.6 Å². The minimum atomic E-state index is 0.407. The molecular formula is C13H22N4S. The van der Waals surface area contributed by atoms with E-state index in [0.29, 0.717) is 10.6 Å². The Kier molecular flexibility index (Phi) is 4.32. The van der Waals surface area contributed by atoms with Crippen LogP contribution >= 0.6 is 11.8 Å². The van der Waals surface area contributed by atoms with E-state index in [9.17, 15) is 0 Å². The van der Waals surface area contributed by atoms with Gasteiger partial charge in [-0.2, -0.15) is 11.8 Å². The van der Waals surface area contributed by atoms with Gasteiger partial charge >= 0.3 is 0 Å². The van der Waals surface area contributed by atoms with E-state index in [2.05, 4.69) is 28.5 Å². The molecule has 0 unspecified atom stereocenters. The first-order valence-corrected chi connectivity index (χ1v) is 7.82. The van der Waals surface area contributed by atoms with Crippen LogP contribution in [0, 0.1) is 0 Å². The monoisotopic (exact) mass is 266 g/mol. The zero-order valence-electron chi connectivity index (χ0n) is 11.2. The van der Waals surface area contributed by atoms with Gasteiger partial charge in [0.25, 0.3) is 0 Å². The minimum Gasteiger partial charge on any atom is -0.384 e. The Morgan fingerprint density at radius 3 is 2.78 bits per heavy atom. The number of nitrogens with zero attached hydrogens (tertiary/aromatic N) is 2. The van der Waals surface area contributed by atoms with Crippen molar-refractivity contribution >= 4 is 23.4 Å². The molecule has 1 heterocycles. The number of nitrogens with one attached hydrogen (secondary N) is 1. The Morgan fingerprint density at radius 2 is 2.22 bits per heavy atom. The Balaban J connectivity index is 2.00. The third-order valence-corrected chi connectivity index (χ3v) is 4.97. The van der Waals surface area contributed by atoms with Crippen molar-refractivity contribution in [3.05, 3.63) is 11.9 Å². The van der Waals surface area contributed by atoms with E-state index in [4.69, 9.17) is 5.73 Å². The second-order valence-corrected chi connectivity index (χ2v) is 6.21. The molecule has 1 aliphatic rings. The molecule has 2 rings (SSSR count). The standard InChI is InChI=1S/C13H22N4S/c1-3-5-11-16-10(14)8-12(17-11)15-9-13(18-2)6-4-7-13/h8H,3-7,9H2,1-2H3,(H3,14,15,16,17). The molecule has 3 N–H and O–H groups in total. The van der Waals surface area contributed by atoms with Crippen molar-refractivity contribution in [1.29, 1.82) is 0 Å². The van der Waals surface area contributed by atoms with Crippen molar-refractivity contribution in [1.82, 2.24) is 9.97 Å². The van der Waals surface area contributed by atoms with Crippen LogP contribution in [-0.4, -0.2) is 27.5 Å². The van der Waals surface area contributed by atoms with E-state index < -0.39 is 0 Å². The van der Waals surface area contributed by atoms with Crippen LogP contribution in [0.5, 0.6) is 0 Å². The van der Waals surface area contributed by atoms with Crippen LogP contribution in [0.3, 0.4) is 0 Å². The molecule has 0 aromatic carbocycles. The summed E-state index contributed by atoms with van der Waals surface area (Å²) >= 11 is 1.96. The predicted octanol–water partition coefficient (Wildman–Crippen LogP) is 2.71. The molecule has 0 aliphatic heterocycles. The maximum atomic E-state index is 5.81. The summed E-state index contributed by atoms with van der Waals surface area (Å²) < 4.78 is 0.407. The zero-order chi connectivity index (χ0) is 13.0. The SMILES string of the molecule is CCCc1nc(N)cc(NCC2(SC)CCC2)n1. The molecule has 1 aliphatic carbocycles. The fraction of sp³-hybridized carbons (Fsp3) is 0.692. The van der Waals surface area contributed by atoms with Crippen LogP contribution in [0.25, 0.3) is 0 Å². The summed E-state index contributed by atoms with van der Waals surface area (Å²) in [5.41, 5.74) is 5.81. The summed E-state index contributed by atoms with van der Waals surface area (Å²) in [5.74, 6) is 2.26. The minimum absolute atomic E-state index is 0.407. The fourth-order valence-corrected chi connectivity index (χ4v) is 3.13. The number of hydrogen-bond acceptors (Lipinski definition) is 5. The lowest BCUT2D eigenvalue weighted by atomic mass is 9.84. The highest BCUT2D eigenvalue weighted by Gasteiger charge is 2.35. The van der Waals surface area contributed by atoms with Crippen molar-refractivity contribution in [3.63, 3.8) is 0 Å². The third-order valence-electron chi connectivity index (χ3n) is 3.56. The maximum absolute atomic E-state index is 5.81. The van der Waals surface area contributed by atoms with Gasteiger partial charge in [-0.25, -0.2) is 9.97 Å². The van der Waals surface area contributed by atoms with Gasteiger partial charge < -0.3 is 11.1 Å². The first kappa shape index (κ1) is 13.5. The van der Waals surface area contributed by atoms with E-state index >= 15 is 0 Å². The smallest absolute Gasteiger partial charge is 0.133 e. The Bertz CT molecular complexity index is 398. The zero-order valence-corrected chi connectivity index (χ0v) is 12.0. The molecule has 18 heavy (non-hydrogen) atoms. The second-order valence-electron chi connectivity index (χ2n) is 4.94. The van der Waals surface area contributed by atoms with E-state index in [1.165, 1.54) is 19.3 Å². The molecule has 0 saturated heterocycles. The lowest BCUT2D eigenvalue weighted by Crippen LogP contribution is -2.40. The number of nitrogen functional groups attached to an aromatic ring is 1. The number of thioether (sulfide) groups is 1. The Hall–Kier alpha value is -0.970. The van der Waals surface area contributed by atoms with Gasteiger partial charge in [-0.3, -0.25) is 0 Å². The van der Waals surface area contributed by atoms with Crippen molar-refractivity contribution in [3.8, 4) is 0 Å². The fourth-order valence-electron chi connectivity index (χ4n) is 2.22. The molecule has 0 spiro atoms. The van der Waals surface area contributed by atoms with Gasteiger partial charge in [0, 0.05) is 23.8 Å². The summed E-state index contributed by atoms with van der Waals surface area (Å²) in [7, 11) is 0. The van der Waals surface area contributed by atoms with Gasteiger partial charge in [0.15, 0.2) is 0 Å². The molecule has 5 heteroatoms. The van der Waals surface area contributed by atoms with Crippen LogP contribution in [0.15, 0.2) is 6.07 Å². The van der Waals surface area contributed by atoms with Crippen LogP contribution in [-0.2, 0) is 6.42 Å². The molecule has 1 aromatic heterocycles. The molecule has 0 radical (unpaired) electrons. The Morgan fingerprint density at radius 1 is 1.44 bits per heavy atom. The molecule has 4 nitrogen and oxygen atoms in total. The van der Waals surface area contributed by atoms with Crippen LogP contribution in [0.2, 0.25) is 0 Å². The van der Waals surface area contributed by atoms with Crippen molar-refractivity contribution in [2.75, 3.05) is 23.9 Å². The van der Waals surface area contributed by atoms with Gasteiger partial charge in [0.05, 0.1) is 0 Å². The van der Waals surface area contributed by atoms with Gasteiger partial charge in [0.1, 0.15) is 17.5 Å². The average Bonchev–Trinajstić information content (AvgIpc) is 2.28. The first-order chi connectivity index (χ1) is 8.67. The lowest BCUT2D eigenvalue weighted by molar-refractivity contribution is 0.379. The van der Waals surface area contributed by atoms with Gasteiger partial charge in [-0.05, 0) is 25.5 Å². The van der Waals surface area contributed by atoms with E-state index in [1.54, 1.807) is 0 Å². The van der Waals surface area contributed by atoms with E-state index in [-0.39, 0.29) is 0 Å². The second kappa shape index (κ2) is 5.78. The van der Waals surface area contributed by atoms with Gasteiger partial charge in [0.2, 0.25) is 0 Å². The largest absolute Gasteiger partial charge is 0.384 e. The quantitative estimate of drug-likeness (QED) is 0.829. The summed E-state index contributed by atoms with van der Waals surface area (Å²) in [4.78, 5) is 8.75. The normalized spacial score (nSPS) is 17.2. The summed E-state index contributed by atoms with van der Waals surface area (Å²) in [6, 6.07) is 1.83. The molecule has 0 amide bonds. The molecule has 0 atom stereocenters. The molecule has 1 saturated carbocycles. The van der Waals surface area contributed by atoms with Crippen LogP contribution < -0.4 is 11.1 Å². The third kappa shape index (κ3) is 3.07. The summed E-state index contributed by atoms with van der Waals surface area (Å²) in [6.45, 7) is 3.09. The Labute approximate surface area is 113 Å². The molecule has 1 fully saturated rings. The topological polar surface area (TPSA) is 63.8 Å². The lowest BCUT2D eigenvalue weighted by Gasteiger charge is -2.40. The number of nitrogens with two attached hydrogens (primary N) is 1. The number of aryl methyl sites for hydroxylation is 1. The van der Waals surface area contributed by atoms with Crippen molar-refractivity contribution in [2.24, 2.45) is 0 Å². The predicted molar refractivity (Wildman–Crippen MR) is 79.0 cm³/mol. The summed E-state index contributed by atoms with van der Waals surface area (Å²) in [5, 5.41) is 3.43. The molecular weight excluding hydrogens is 244 g/mol. The van der Waals surface area contributed by atoms with Gasteiger partial charge in [-0.15, -0.1) is 0 Å². The molecule has 1 aromatic rings. The number of hydrogen-bond donors (Lipinski definition) is 2. The highest BCUT2D eigenvalue weighted by atomic mass is 32.2. The number of rotatable bonds is 6. The highest BCUT2D eigenvalue weighted by molar-refractivity contribution is 8.00. The number of aromatic nitrogens is 2. The maximum Gasteiger partial charge on any atom is 0.133 e. The van der Waals surface area contributed by atoms with Crippen LogP contribution in [0.1, 0.15) is 38.4 Å². The summed E-state index contributed by atoms with van der Waals surface area (Å²) in [6.07, 6.45) is 8.05. The van der Waals surface area contributed by atoms with E-state index in [1.807, 2.05) is 17.8 Å². The average molecular weight is 266 g/mol. The van der Waals surface area contributed by atoms with Crippen molar-refractivity contribution < 1.29 is 0 Å². The number of anilines is 2. The molecule has 0 bridgehead atoms. The van der Waals surface area contributed by atoms with E-state index in [0.717, 1.165) is 31.0 Å². The highest BCUT2D eigenvalue weighted by Crippen LogP contribution is 2.42.